The Kier molecular flexibility index (Phi) is 4.76. The lowest BCUT2D eigenvalue weighted by molar-refractivity contribution is -0.134. The minimum atomic E-state index is -0.476. The van der Waals surface area contributed by atoms with Crippen LogP contribution >= 0.6 is 0 Å². The number of piperidine rings is 1. The molecule has 2 N–H and O–H groups in total. The highest BCUT2D eigenvalue weighted by atomic mass is 16.5. The van der Waals surface area contributed by atoms with Crippen LogP contribution in [0.4, 0.5) is 0 Å². The van der Waals surface area contributed by atoms with Gasteiger partial charge in [0.25, 0.3) is 5.91 Å². The molecule has 3 amide bonds. The zero-order valence-corrected chi connectivity index (χ0v) is 15.9. The summed E-state index contributed by atoms with van der Waals surface area (Å²) in [7, 11) is 3.77. The van der Waals surface area contributed by atoms with E-state index in [9.17, 15) is 14.4 Å². The molecule has 1 atom stereocenters. The first-order chi connectivity index (χ1) is 13.4. The number of likely N-dealkylation sites (tertiary alicyclic amines) is 1. The Morgan fingerprint density at radius 1 is 1.32 bits per heavy atom. The molecule has 2 aliphatic heterocycles. The van der Waals surface area contributed by atoms with E-state index in [0.29, 0.717) is 24.3 Å². The van der Waals surface area contributed by atoms with Gasteiger partial charge in [0.15, 0.2) is 6.61 Å². The van der Waals surface area contributed by atoms with Gasteiger partial charge in [0.1, 0.15) is 11.3 Å². The molecular weight excluding hydrogens is 362 g/mol. The van der Waals surface area contributed by atoms with Crippen LogP contribution in [0.5, 0.6) is 5.75 Å². The van der Waals surface area contributed by atoms with E-state index in [1.807, 2.05) is 19.2 Å². The van der Waals surface area contributed by atoms with Gasteiger partial charge >= 0.3 is 0 Å². The van der Waals surface area contributed by atoms with E-state index in [1.54, 1.807) is 17.8 Å². The Morgan fingerprint density at radius 3 is 2.82 bits per heavy atom. The predicted molar refractivity (Wildman–Crippen MR) is 101 cm³/mol. The number of amides is 3. The number of nitrogens with one attached hydrogen (secondary N) is 2. The van der Waals surface area contributed by atoms with Gasteiger partial charge in [0.05, 0.1) is 17.7 Å². The number of rotatable bonds is 5. The second kappa shape index (κ2) is 7.23. The van der Waals surface area contributed by atoms with E-state index in [1.165, 1.54) is 0 Å². The third-order valence-electron chi connectivity index (χ3n) is 5.21. The van der Waals surface area contributed by atoms with Crippen LogP contribution in [0.3, 0.4) is 0 Å². The molecule has 0 aliphatic carbocycles. The van der Waals surface area contributed by atoms with Crippen molar-refractivity contribution in [3.8, 4) is 5.75 Å². The van der Waals surface area contributed by atoms with Gasteiger partial charge in [0.2, 0.25) is 11.8 Å². The molecule has 28 heavy (non-hydrogen) atoms. The van der Waals surface area contributed by atoms with Crippen LogP contribution in [0.15, 0.2) is 18.2 Å². The van der Waals surface area contributed by atoms with Gasteiger partial charge < -0.3 is 15.0 Å². The van der Waals surface area contributed by atoms with E-state index in [4.69, 9.17) is 4.74 Å². The third kappa shape index (κ3) is 3.45. The van der Waals surface area contributed by atoms with Gasteiger partial charge in [-0.3, -0.25) is 24.4 Å². The topological polar surface area (TPSA) is 106 Å². The number of likely N-dealkylation sites (N-methyl/N-ethyl adjacent to an activating group) is 1. The predicted octanol–water partition coefficient (Wildman–Crippen LogP) is -0.0975. The van der Waals surface area contributed by atoms with Gasteiger partial charge in [-0.2, -0.15) is 5.10 Å². The summed E-state index contributed by atoms with van der Waals surface area (Å²) in [5, 5.41) is 10.6. The summed E-state index contributed by atoms with van der Waals surface area (Å²) < 4.78 is 7.42. The maximum atomic E-state index is 12.2. The number of fused-ring (bicyclic) bond motifs is 1. The van der Waals surface area contributed by atoms with Crippen LogP contribution in [0, 0.1) is 0 Å². The quantitative estimate of drug-likeness (QED) is 0.697. The largest absolute Gasteiger partial charge is 0.482 e. The fourth-order valence-electron chi connectivity index (χ4n) is 3.86. The molecule has 0 saturated carbocycles. The molecule has 0 spiro atoms. The molecule has 2 saturated heterocycles. The molecule has 2 fully saturated rings. The Labute approximate surface area is 162 Å². The molecular formula is C19H23N5O4. The second-order valence-corrected chi connectivity index (χ2v) is 7.44. The van der Waals surface area contributed by atoms with Crippen molar-refractivity contribution < 1.29 is 19.1 Å². The summed E-state index contributed by atoms with van der Waals surface area (Å²) in [5.41, 5.74) is 1.34. The van der Waals surface area contributed by atoms with Crippen LogP contribution in [0.25, 0.3) is 10.9 Å². The molecule has 0 bridgehead atoms. The van der Waals surface area contributed by atoms with Gasteiger partial charge in [-0.05, 0) is 19.5 Å². The van der Waals surface area contributed by atoms with Crippen LogP contribution < -0.4 is 15.4 Å². The number of aryl methyl sites for hydroxylation is 1. The van der Waals surface area contributed by atoms with Crippen molar-refractivity contribution in [2.45, 2.75) is 24.8 Å². The Morgan fingerprint density at radius 2 is 2.11 bits per heavy atom. The first kappa shape index (κ1) is 18.4. The van der Waals surface area contributed by atoms with Crippen LogP contribution in [0.1, 0.15) is 24.5 Å². The number of carbonyl (C=O) groups is 3. The van der Waals surface area contributed by atoms with Gasteiger partial charge in [-0.25, -0.2) is 0 Å². The van der Waals surface area contributed by atoms with Crippen LogP contribution in [0.2, 0.25) is 0 Å². The zero-order valence-electron chi connectivity index (χ0n) is 15.9. The monoisotopic (exact) mass is 385 g/mol. The highest BCUT2D eigenvalue weighted by Crippen LogP contribution is 2.34. The number of hydrogen-bond donors (Lipinski definition) is 2. The van der Waals surface area contributed by atoms with Crippen LogP contribution in [-0.4, -0.2) is 65.2 Å². The maximum absolute atomic E-state index is 12.2. The van der Waals surface area contributed by atoms with E-state index < -0.39 is 5.92 Å². The van der Waals surface area contributed by atoms with Crippen molar-refractivity contribution in [2.75, 3.05) is 26.7 Å². The van der Waals surface area contributed by atoms with Crippen molar-refractivity contribution in [2.24, 2.45) is 7.05 Å². The normalized spacial score (nSPS) is 20.7. The summed E-state index contributed by atoms with van der Waals surface area (Å²) in [6, 6.07) is 5.64. The molecule has 9 nitrogen and oxygen atoms in total. The standard InChI is InChI=1S/C19H23N5O4/c1-23-8-11(9-23)20-16(26)10-28-14-5-3-4-12-17(22-24(2)18(12)14)13-6-7-15(25)21-19(13)27/h3-5,11,13H,6-10H2,1-2H3,(H,20,26)(H,21,25,27). The summed E-state index contributed by atoms with van der Waals surface area (Å²) >= 11 is 0. The number of aromatic nitrogens is 2. The highest BCUT2D eigenvalue weighted by molar-refractivity contribution is 6.03. The number of ether oxygens (including phenoxy) is 1. The highest BCUT2D eigenvalue weighted by Gasteiger charge is 2.32. The SMILES string of the molecule is CN1CC(NC(=O)COc2cccc3c(C4CCC(=O)NC4=O)nn(C)c23)C1. The number of nitrogens with zero attached hydrogens (tertiary/aromatic N) is 3. The van der Waals surface area contributed by atoms with Gasteiger partial charge in [-0.1, -0.05) is 12.1 Å². The van der Waals surface area contributed by atoms with Crippen molar-refractivity contribution in [3.05, 3.63) is 23.9 Å². The molecule has 9 heteroatoms. The van der Waals surface area contributed by atoms with Gasteiger partial charge in [0, 0.05) is 31.9 Å². The Hall–Kier alpha value is -2.94. The fraction of sp³-hybridized carbons (Fsp3) is 0.474. The Balaban J connectivity index is 1.52. The molecule has 3 heterocycles. The number of hydrogen-bond acceptors (Lipinski definition) is 6. The minimum absolute atomic E-state index is 0.0851. The summed E-state index contributed by atoms with van der Waals surface area (Å²) in [6.45, 7) is 1.61. The molecule has 1 unspecified atom stereocenters. The number of para-hydroxylation sites is 1. The third-order valence-corrected chi connectivity index (χ3v) is 5.21. The lowest BCUT2D eigenvalue weighted by Crippen LogP contribution is -2.58. The molecule has 0 radical (unpaired) electrons. The number of benzene rings is 1. The molecule has 4 rings (SSSR count). The average molecular weight is 385 g/mol. The van der Waals surface area contributed by atoms with Crippen molar-refractivity contribution in [3.63, 3.8) is 0 Å². The van der Waals surface area contributed by atoms with Crippen LogP contribution in [-0.2, 0) is 21.4 Å². The lowest BCUT2D eigenvalue weighted by Gasteiger charge is -2.36. The van der Waals surface area contributed by atoms with Crippen molar-refractivity contribution in [1.82, 2.24) is 25.3 Å². The van der Waals surface area contributed by atoms with Crippen molar-refractivity contribution >= 4 is 28.6 Å². The van der Waals surface area contributed by atoms with E-state index in [0.717, 1.165) is 24.0 Å². The summed E-state index contributed by atoms with van der Waals surface area (Å²) in [5.74, 6) is -0.688. The molecule has 1 aromatic carbocycles. The molecule has 2 aliphatic rings. The van der Waals surface area contributed by atoms with Gasteiger partial charge in [-0.15, -0.1) is 0 Å². The average Bonchev–Trinajstić information content (AvgIpc) is 2.96. The van der Waals surface area contributed by atoms with E-state index in [2.05, 4.69) is 20.6 Å². The Bertz CT molecular complexity index is 947. The molecule has 148 valence electrons. The summed E-state index contributed by atoms with van der Waals surface area (Å²) in [4.78, 5) is 37.9. The number of imide groups is 1. The van der Waals surface area contributed by atoms with E-state index >= 15 is 0 Å². The second-order valence-electron chi connectivity index (χ2n) is 7.44. The first-order valence-electron chi connectivity index (χ1n) is 9.32. The molecule has 2 aromatic rings. The lowest BCUT2D eigenvalue weighted by atomic mass is 9.93. The molecule has 1 aromatic heterocycles. The smallest absolute Gasteiger partial charge is 0.258 e. The number of carbonyl (C=O) groups excluding carboxylic acids is 3. The first-order valence-corrected chi connectivity index (χ1v) is 9.32. The summed E-state index contributed by atoms with van der Waals surface area (Å²) in [6.07, 6.45) is 0.724. The van der Waals surface area contributed by atoms with Crippen molar-refractivity contribution in [1.29, 1.82) is 0 Å². The zero-order chi connectivity index (χ0) is 19.8. The fourth-order valence-corrected chi connectivity index (χ4v) is 3.86. The van der Waals surface area contributed by atoms with E-state index in [-0.39, 0.29) is 30.4 Å². The maximum Gasteiger partial charge on any atom is 0.258 e. The minimum Gasteiger partial charge on any atom is -0.482 e.